The zero-order valence-corrected chi connectivity index (χ0v) is 15.2. The van der Waals surface area contributed by atoms with Crippen molar-refractivity contribution in [2.24, 2.45) is 0 Å². The maximum Gasteiger partial charge on any atom is 0.433 e. The third-order valence-electron chi connectivity index (χ3n) is 4.65. The number of rotatable bonds is 4. The Kier molecular flexibility index (Phi) is 5.17. The lowest BCUT2D eigenvalue weighted by molar-refractivity contribution is -0.141. The van der Waals surface area contributed by atoms with Crippen molar-refractivity contribution in [1.29, 1.82) is 0 Å². The number of aryl methyl sites for hydroxylation is 2. The van der Waals surface area contributed by atoms with Crippen LogP contribution < -0.4 is 4.90 Å². The van der Waals surface area contributed by atoms with Gasteiger partial charge < -0.3 is 9.80 Å². The molecule has 1 fully saturated rings. The second-order valence-electron chi connectivity index (χ2n) is 6.34. The SMILES string of the molecule is CCN1CCN(c2nc(-c3cn(CC)nc3C)cc(C(F)(F)F)n2)CC1. The van der Waals surface area contributed by atoms with E-state index in [9.17, 15) is 13.2 Å². The highest BCUT2D eigenvalue weighted by atomic mass is 19.4. The van der Waals surface area contributed by atoms with Gasteiger partial charge in [0.25, 0.3) is 0 Å². The smallest absolute Gasteiger partial charge is 0.338 e. The Balaban J connectivity index is 2.01. The first-order valence-corrected chi connectivity index (χ1v) is 8.79. The van der Waals surface area contributed by atoms with Crippen molar-refractivity contribution in [2.75, 3.05) is 37.6 Å². The molecule has 0 atom stereocenters. The summed E-state index contributed by atoms with van der Waals surface area (Å²) >= 11 is 0. The summed E-state index contributed by atoms with van der Waals surface area (Å²) in [5, 5.41) is 4.32. The summed E-state index contributed by atoms with van der Waals surface area (Å²) in [6.07, 6.45) is -2.79. The van der Waals surface area contributed by atoms with E-state index in [0.29, 0.717) is 30.9 Å². The first kappa shape index (κ1) is 18.6. The van der Waals surface area contributed by atoms with Gasteiger partial charge >= 0.3 is 6.18 Å². The average Bonchev–Trinajstić information content (AvgIpc) is 3.01. The van der Waals surface area contributed by atoms with Crippen molar-refractivity contribution in [3.63, 3.8) is 0 Å². The highest BCUT2D eigenvalue weighted by Crippen LogP contribution is 2.32. The highest BCUT2D eigenvalue weighted by molar-refractivity contribution is 5.63. The van der Waals surface area contributed by atoms with Crippen LogP contribution in [0.15, 0.2) is 12.3 Å². The molecule has 1 aliphatic rings. The van der Waals surface area contributed by atoms with E-state index in [1.54, 1.807) is 17.8 Å². The number of hydrogen-bond donors (Lipinski definition) is 0. The molecule has 1 saturated heterocycles. The van der Waals surface area contributed by atoms with Crippen molar-refractivity contribution >= 4 is 5.95 Å². The van der Waals surface area contributed by atoms with Crippen LogP contribution in [0.2, 0.25) is 0 Å². The van der Waals surface area contributed by atoms with Gasteiger partial charge in [0.1, 0.15) is 0 Å². The monoisotopic (exact) mass is 368 g/mol. The lowest BCUT2D eigenvalue weighted by Gasteiger charge is -2.34. The van der Waals surface area contributed by atoms with E-state index in [0.717, 1.165) is 25.7 Å². The van der Waals surface area contributed by atoms with Crippen LogP contribution in [0.5, 0.6) is 0 Å². The molecule has 0 unspecified atom stereocenters. The first-order valence-electron chi connectivity index (χ1n) is 8.79. The fourth-order valence-electron chi connectivity index (χ4n) is 3.05. The molecule has 0 aromatic carbocycles. The summed E-state index contributed by atoms with van der Waals surface area (Å²) in [6, 6.07) is 1.01. The summed E-state index contributed by atoms with van der Waals surface area (Å²) in [5.41, 5.74) is 0.602. The summed E-state index contributed by atoms with van der Waals surface area (Å²) in [4.78, 5) is 12.3. The molecule has 0 amide bonds. The Morgan fingerprint density at radius 3 is 2.27 bits per heavy atom. The Morgan fingerprint density at radius 1 is 1.04 bits per heavy atom. The number of aromatic nitrogens is 4. The molecular formula is C17H23F3N6. The largest absolute Gasteiger partial charge is 0.433 e. The lowest BCUT2D eigenvalue weighted by atomic mass is 10.1. The Hall–Kier alpha value is -2.16. The summed E-state index contributed by atoms with van der Waals surface area (Å²) in [7, 11) is 0. The summed E-state index contributed by atoms with van der Waals surface area (Å²) in [6.45, 7) is 10.1. The number of anilines is 1. The van der Waals surface area contributed by atoms with E-state index in [-0.39, 0.29) is 11.6 Å². The predicted octanol–water partition coefficient (Wildman–Crippen LogP) is 2.83. The molecule has 142 valence electrons. The van der Waals surface area contributed by atoms with Gasteiger partial charge in [-0.3, -0.25) is 4.68 Å². The van der Waals surface area contributed by atoms with Crippen LogP contribution in [0.3, 0.4) is 0 Å². The minimum absolute atomic E-state index is 0.134. The highest BCUT2D eigenvalue weighted by Gasteiger charge is 2.35. The topological polar surface area (TPSA) is 50.1 Å². The van der Waals surface area contributed by atoms with E-state index in [1.165, 1.54) is 0 Å². The Bertz CT molecular complexity index is 762. The van der Waals surface area contributed by atoms with Crippen LogP contribution in [0.1, 0.15) is 25.2 Å². The van der Waals surface area contributed by atoms with Crippen molar-refractivity contribution in [3.8, 4) is 11.3 Å². The second-order valence-corrected chi connectivity index (χ2v) is 6.34. The Morgan fingerprint density at radius 2 is 1.73 bits per heavy atom. The molecule has 0 spiro atoms. The van der Waals surface area contributed by atoms with Gasteiger partial charge in [-0.2, -0.15) is 18.3 Å². The van der Waals surface area contributed by atoms with E-state index in [4.69, 9.17) is 0 Å². The van der Waals surface area contributed by atoms with Gasteiger partial charge in [0.15, 0.2) is 5.69 Å². The third-order valence-corrected chi connectivity index (χ3v) is 4.65. The zero-order chi connectivity index (χ0) is 18.9. The van der Waals surface area contributed by atoms with Gasteiger partial charge in [0, 0.05) is 44.5 Å². The normalized spacial score (nSPS) is 16.3. The molecule has 26 heavy (non-hydrogen) atoms. The summed E-state index contributed by atoms with van der Waals surface area (Å²) < 4.78 is 41.8. The number of hydrogen-bond acceptors (Lipinski definition) is 5. The molecule has 0 aliphatic carbocycles. The molecular weight excluding hydrogens is 345 g/mol. The fraction of sp³-hybridized carbons (Fsp3) is 0.588. The fourth-order valence-corrected chi connectivity index (χ4v) is 3.05. The molecule has 6 nitrogen and oxygen atoms in total. The molecule has 3 rings (SSSR count). The van der Waals surface area contributed by atoms with Gasteiger partial charge in [-0.15, -0.1) is 0 Å². The van der Waals surface area contributed by atoms with E-state index in [2.05, 4.69) is 26.9 Å². The third kappa shape index (κ3) is 3.82. The molecule has 0 N–H and O–H groups in total. The van der Waals surface area contributed by atoms with Crippen molar-refractivity contribution in [2.45, 2.75) is 33.5 Å². The molecule has 1 aliphatic heterocycles. The predicted molar refractivity (Wildman–Crippen MR) is 93.0 cm³/mol. The molecule has 9 heteroatoms. The van der Waals surface area contributed by atoms with Crippen molar-refractivity contribution in [3.05, 3.63) is 23.7 Å². The molecule has 2 aromatic heterocycles. The minimum atomic E-state index is -4.52. The van der Waals surface area contributed by atoms with Gasteiger partial charge in [-0.1, -0.05) is 6.92 Å². The number of halogens is 3. The minimum Gasteiger partial charge on any atom is -0.338 e. The van der Waals surface area contributed by atoms with E-state index >= 15 is 0 Å². The number of alkyl halides is 3. The quantitative estimate of drug-likeness (QED) is 0.831. The van der Waals surface area contributed by atoms with Crippen molar-refractivity contribution < 1.29 is 13.2 Å². The molecule has 0 saturated carbocycles. The maximum atomic E-state index is 13.4. The van der Waals surface area contributed by atoms with Crippen LogP contribution in [0.4, 0.5) is 19.1 Å². The van der Waals surface area contributed by atoms with Crippen LogP contribution in [-0.4, -0.2) is 57.4 Å². The van der Waals surface area contributed by atoms with Gasteiger partial charge in [-0.05, 0) is 26.5 Å². The van der Waals surface area contributed by atoms with Crippen LogP contribution in [-0.2, 0) is 12.7 Å². The second kappa shape index (κ2) is 7.22. The maximum absolute atomic E-state index is 13.4. The van der Waals surface area contributed by atoms with Crippen LogP contribution >= 0.6 is 0 Å². The first-order chi connectivity index (χ1) is 12.3. The average molecular weight is 368 g/mol. The lowest BCUT2D eigenvalue weighted by Crippen LogP contribution is -2.46. The zero-order valence-electron chi connectivity index (χ0n) is 15.2. The van der Waals surface area contributed by atoms with Crippen LogP contribution in [0, 0.1) is 6.92 Å². The van der Waals surface area contributed by atoms with Crippen molar-refractivity contribution in [1.82, 2.24) is 24.6 Å². The van der Waals surface area contributed by atoms with Crippen LogP contribution in [0.25, 0.3) is 11.3 Å². The van der Waals surface area contributed by atoms with Gasteiger partial charge in [-0.25, -0.2) is 9.97 Å². The van der Waals surface area contributed by atoms with Gasteiger partial charge in [0.05, 0.1) is 11.4 Å². The molecule has 3 heterocycles. The Labute approximate surface area is 150 Å². The molecule has 0 radical (unpaired) electrons. The van der Waals surface area contributed by atoms with Gasteiger partial charge in [0.2, 0.25) is 5.95 Å². The standard InChI is InChI=1S/C17H23F3N6/c1-4-24-6-8-25(9-7-24)16-21-14(10-15(22-16)17(18,19)20)13-11-26(5-2)23-12(13)3/h10-11H,4-9H2,1-3H3. The molecule has 2 aromatic rings. The number of likely N-dealkylation sites (N-methyl/N-ethyl adjacent to an activating group) is 1. The summed E-state index contributed by atoms with van der Waals surface area (Å²) in [5.74, 6) is 0.134. The molecule has 0 bridgehead atoms. The van der Waals surface area contributed by atoms with E-state index in [1.807, 2.05) is 11.8 Å². The van der Waals surface area contributed by atoms with E-state index < -0.39 is 11.9 Å². The number of piperazine rings is 1. The number of nitrogens with zero attached hydrogens (tertiary/aromatic N) is 6.